The second kappa shape index (κ2) is 7.33. The summed E-state index contributed by atoms with van der Waals surface area (Å²) in [7, 11) is 0. The molecule has 26 heavy (non-hydrogen) atoms. The summed E-state index contributed by atoms with van der Waals surface area (Å²) in [5.74, 6) is -0.427. The molecule has 0 aliphatic heterocycles. The molecule has 0 unspecified atom stereocenters. The van der Waals surface area contributed by atoms with Crippen LogP contribution in [-0.2, 0) is 0 Å². The summed E-state index contributed by atoms with van der Waals surface area (Å²) in [5.41, 5.74) is 2.77. The molecule has 0 saturated carbocycles. The predicted octanol–water partition coefficient (Wildman–Crippen LogP) is 3.68. The number of halogens is 1. The van der Waals surface area contributed by atoms with Crippen molar-refractivity contribution in [1.29, 1.82) is 0 Å². The molecule has 1 amide bonds. The lowest BCUT2D eigenvalue weighted by Gasteiger charge is -2.09. The molecule has 3 rings (SSSR count). The Bertz CT molecular complexity index is 932. The van der Waals surface area contributed by atoms with Gasteiger partial charge in [-0.3, -0.25) is 4.79 Å². The molecule has 3 aromatic rings. The average molecular weight is 373 g/mol. The molecule has 0 fully saturated rings. The first-order valence-corrected chi connectivity index (χ1v) is 9.19. The van der Waals surface area contributed by atoms with Gasteiger partial charge in [-0.05, 0) is 51.5 Å². The molecule has 0 aliphatic carbocycles. The number of rotatable bonds is 5. The first kappa shape index (κ1) is 18.2. The number of thiazole rings is 1. The first-order chi connectivity index (χ1) is 12.4. The van der Waals surface area contributed by atoms with E-state index in [1.54, 1.807) is 16.8 Å². The molecular weight excluding hydrogens is 353 g/mol. The monoisotopic (exact) mass is 373 g/mol. The highest BCUT2D eigenvalue weighted by Gasteiger charge is 2.21. The van der Waals surface area contributed by atoms with E-state index in [4.69, 9.17) is 0 Å². The smallest absolute Gasteiger partial charge is 0.263 e. The standard InChI is InChI=1S/C18H20FN5OS/c1-5-10(2)20-17(25)16-11(3)21-18(26-16)15-12(4)24(23-22-15)14-8-6-13(19)7-9-14/h6-10H,5H2,1-4H3,(H,20,25)/t10-/m0/s1. The van der Waals surface area contributed by atoms with Gasteiger partial charge in [0.05, 0.1) is 17.1 Å². The minimum Gasteiger partial charge on any atom is -0.349 e. The number of aryl methyl sites for hydroxylation is 1. The second-order valence-corrected chi connectivity index (χ2v) is 7.13. The van der Waals surface area contributed by atoms with Crippen LogP contribution in [0, 0.1) is 19.7 Å². The molecule has 0 aliphatic rings. The highest BCUT2D eigenvalue weighted by molar-refractivity contribution is 7.17. The molecule has 0 radical (unpaired) electrons. The molecule has 8 heteroatoms. The normalized spacial score (nSPS) is 12.2. The molecule has 2 aromatic heterocycles. The quantitative estimate of drug-likeness (QED) is 0.740. The van der Waals surface area contributed by atoms with Gasteiger partial charge in [0.2, 0.25) is 0 Å². The molecule has 1 atom stereocenters. The van der Waals surface area contributed by atoms with Gasteiger partial charge in [-0.2, -0.15) is 0 Å². The molecule has 1 N–H and O–H groups in total. The third-order valence-corrected chi connectivity index (χ3v) is 5.32. The van der Waals surface area contributed by atoms with Crippen LogP contribution in [0.3, 0.4) is 0 Å². The van der Waals surface area contributed by atoms with Gasteiger partial charge in [-0.1, -0.05) is 12.1 Å². The lowest BCUT2D eigenvalue weighted by atomic mass is 10.2. The van der Waals surface area contributed by atoms with E-state index in [2.05, 4.69) is 20.6 Å². The molecular formula is C18H20FN5OS. The van der Waals surface area contributed by atoms with Crippen molar-refractivity contribution in [2.24, 2.45) is 0 Å². The number of benzene rings is 1. The molecule has 1 aromatic carbocycles. The molecule has 6 nitrogen and oxygen atoms in total. The minimum absolute atomic E-state index is 0.105. The summed E-state index contributed by atoms with van der Waals surface area (Å²) in [6.45, 7) is 7.67. The Hall–Kier alpha value is -2.61. The number of carbonyl (C=O) groups is 1. The highest BCUT2D eigenvalue weighted by atomic mass is 32.1. The molecule has 0 spiro atoms. The maximum absolute atomic E-state index is 13.1. The van der Waals surface area contributed by atoms with Crippen LogP contribution in [0.5, 0.6) is 0 Å². The van der Waals surface area contributed by atoms with E-state index in [0.717, 1.165) is 12.1 Å². The van der Waals surface area contributed by atoms with E-state index in [1.807, 2.05) is 27.7 Å². The van der Waals surface area contributed by atoms with Crippen molar-refractivity contribution in [3.05, 3.63) is 46.3 Å². The lowest BCUT2D eigenvalue weighted by molar-refractivity contribution is 0.0942. The van der Waals surface area contributed by atoms with E-state index in [9.17, 15) is 9.18 Å². The Balaban J connectivity index is 1.92. The van der Waals surface area contributed by atoms with Crippen molar-refractivity contribution in [2.75, 3.05) is 0 Å². The number of aromatic nitrogens is 4. The summed E-state index contributed by atoms with van der Waals surface area (Å²) >= 11 is 1.30. The fourth-order valence-electron chi connectivity index (χ4n) is 2.45. The van der Waals surface area contributed by atoms with Gasteiger partial charge in [0.1, 0.15) is 21.4 Å². The summed E-state index contributed by atoms with van der Waals surface area (Å²) in [6, 6.07) is 6.13. The lowest BCUT2D eigenvalue weighted by Crippen LogP contribution is -2.31. The Morgan fingerprint density at radius 2 is 2.00 bits per heavy atom. The van der Waals surface area contributed by atoms with Crippen LogP contribution in [0.4, 0.5) is 4.39 Å². The zero-order valence-electron chi connectivity index (χ0n) is 15.1. The maximum atomic E-state index is 13.1. The van der Waals surface area contributed by atoms with Gasteiger partial charge in [-0.25, -0.2) is 14.1 Å². The van der Waals surface area contributed by atoms with Crippen LogP contribution >= 0.6 is 11.3 Å². The van der Waals surface area contributed by atoms with E-state index in [0.29, 0.717) is 27.0 Å². The highest BCUT2D eigenvalue weighted by Crippen LogP contribution is 2.29. The van der Waals surface area contributed by atoms with Gasteiger partial charge < -0.3 is 5.32 Å². The van der Waals surface area contributed by atoms with Crippen molar-refractivity contribution in [2.45, 2.75) is 40.2 Å². The van der Waals surface area contributed by atoms with Crippen molar-refractivity contribution in [1.82, 2.24) is 25.3 Å². The topological polar surface area (TPSA) is 72.7 Å². The second-order valence-electron chi connectivity index (χ2n) is 6.13. The van der Waals surface area contributed by atoms with Gasteiger partial charge in [-0.15, -0.1) is 16.4 Å². The number of nitrogens with zero attached hydrogens (tertiary/aromatic N) is 4. The molecule has 2 heterocycles. The Morgan fingerprint density at radius 3 is 2.65 bits per heavy atom. The van der Waals surface area contributed by atoms with Gasteiger partial charge in [0.15, 0.2) is 0 Å². The van der Waals surface area contributed by atoms with Crippen LogP contribution in [0.25, 0.3) is 16.4 Å². The Kier molecular flexibility index (Phi) is 5.13. The van der Waals surface area contributed by atoms with Crippen molar-refractivity contribution in [3.63, 3.8) is 0 Å². The van der Waals surface area contributed by atoms with Crippen LogP contribution in [0.2, 0.25) is 0 Å². The number of hydrogen-bond acceptors (Lipinski definition) is 5. The van der Waals surface area contributed by atoms with Gasteiger partial charge in [0.25, 0.3) is 5.91 Å². The zero-order valence-corrected chi connectivity index (χ0v) is 15.9. The first-order valence-electron chi connectivity index (χ1n) is 8.37. The average Bonchev–Trinajstić information content (AvgIpc) is 3.18. The van der Waals surface area contributed by atoms with E-state index < -0.39 is 0 Å². The van der Waals surface area contributed by atoms with Crippen LogP contribution in [-0.4, -0.2) is 31.9 Å². The molecule has 0 saturated heterocycles. The van der Waals surface area contributed by atoms with E-state index in [-0.39, 0.29) is 17.8 Å². The Morgan fingerprint density at radius 1 is 1.31 bits per heavy atom. The van der Waals surface area contributed by atoms with E-state index in [1.165, 1.54) is 23.5 Å². The minimum atomic E-state index is -0.306. The van der Waals surface area contributed by atoms with Gasteiger partial charge in [0, 0.05) is 6.04 Å². The number of carbonyl (C=O) groups excluding carboxylic acids is 1. The predicted molar refractivity (Wildman–Crippen MR) is 99.1 cm³/mol. The van der Waals surface area contributed by atoms with Crippen molar-refractivity contribution >= 4 is 17.2 Å². The fraction of sp³-hybridized carbons (Fsp3) is 0.333. The third-order valence-electron chi connectivity index (χ3n) is 4.16. The summed E-state index contributed by atoms with van der Waals surface area (Å²) in [5, 5.41) is 12.0. The number of amides is 1. The largest absolute Gasteiger partial charge is 0.349 e. The van der Waals surface area contributed by atoms with Crippen LogP contribution < -0.4 is 5.32 Å². The maximum Gasteiger partial charge on any atom is 0.263 e. The molecule has 0 bridgehead atoms. The summed E-state index contributed by atoms with van der Waals surface area (Å²) < 4.78 is 14.7. The van der Waals surface area contributed by atoms with E-state index >= 15 is 0 Å². The summed E-state index contributed by atoms with van der Waals surface area (Å²) in [6.07, 6.45) is 0.863. The number of hydrogen-bond donors (Lipinski definition) is 1. The van der Waals surface area contributed by atoms with Gasteiger partial charge >= 0.3 is 0 Å². The van der Waals surface area contributed by atoms with Crippen molar-refractivity contribution in [3.8, 4) is 16.4 Å². The van der Waals surface area contributed by atoms with Crippen molar-refractivity contribution < 1.29 is 9.18 Å². The van der Waals surface area contributed by atoms with Crippen LogP contribution in [0.1, 0.15) is 41.3 Å². The Labute approximate surface area is 155 Å². The number of nitrogens with one attached hydrogen (secondary N) is 1. The zero-order chi connectivity index (χ0) is 18.8. The SMILES string of the molecule is CC[C@H](C)NC(=O)c1sc(-c2nnn(-c3ccc(F)cc3)c2C)nc1C. The third kappa shape index (κ3) is 3.50. The molecule has 136 valence electrons. The summed E-state index contributed by atoms with van der Waals surface area (Å²) in [4.78, 5) is 17.5. The fourth-order valence-corrected chi connectivity index (χ4v) is 3.46. The van der Waals surface area contributed by atoms with Crippen LogP contribution in [0.15, 0.2) is 24.3 Å².